The first-order valence-corrected chi connectivity index (χ1v) is 8.24. The van der Waals surface area contributed by atoms with Crippen molar-refractivity contribution in [2.45, 2.75) is 6.61 Å². The number of aromatic nitrogens is 2. The molecule has 6 heteroatoms. The van der Waals surface area contributed by atoms with E-state index in [-0.39, 0.29) is 5.56 Å². The summed E-state index contributed by atoms with van der Waals surface area (Å²) in [6.45, 7) is 0.925. The minimum atomic E-state index is -0.174. The fraction of sp³-hybridized carbons (Fsp3) is 0.150. The molecule has 0 fully saturated rings. The summed E-state index contributed by atoms with van der Waals surface area (Å²) in [5, 5.41) is 0.939. The van der Waals surface area contributed by atoms with Gasteiger partial charge in [0, 0.05) is 17.5 Å². The fourth-order valence-electron chi connectivity index (χ4n) is 2.94. The summed E-state index contributed by atoms with van der Waals surface area (Å²) in [7, 11) is 1.59. The monoisotopic (exact) mass is 347 g/mol. The zero-order chi connectivity index (χ0) is 17.9. The Labute approximate surface area is 149 Å². The van der Waals surface area contributed by atoms with E-state index in [4.69, 9.17) is 9.47 Å². The SMILES string of the molecule is COc1cc(-c2cc(=O)[nH]c3c2=CCN=3)ccc1OCc1ccccn1. The number of hydrogen-bond donors (Lipinski definition) is 1. The topological polar surface area (TPSA) is 76.6 Å². The van der Waals surface area contributed by atoms with Gasteiger partial charge in [-0.2, -0.15) is 0 Å². The van der Waals surface area contributed by atoms with Crippen LogP contribution in [-0.4, -0.2) is 23.6 Å². The van der Waals surface area contributed by atoms with Crippen LogP contribution < -0.4 is 25.7 Å². The van der Waals surface area contributed by atoms with Crippen LogP contribution in [-0.2, 0) is 6.61 Å². The predicted octanol–water partition coefficient (Wildman–Crippen LogP) is 1.44. The van der Waals surface area contributed by atoms with Crippen LogP contribution in [0, 0.1) is 0 Å². The third kappa shape index (κ3) is 3.09. The van der Waals surface area contributed by atoms with Gasteiger partial charge in [0.2, 0.25) is 5.56 Å². The average Bonchev–Trinajstić information content (AvgIpc) is 3.14. The predicted molar refractivity (Wildman–Crippen MR) is 97.7 cm³/mol. The molecule has 0 atom stereocenters. The molecule has 26 heavy (non-hydrogen) atoms. The molecule has 0 aliphatic carbocycles. The molecule has 0 spiro atoms. The van der Waals surface area contributed by atoms with E-state index in [1.54, 1.807) is 19.4 Å². The van der Waals surface area contributed by atoms with E-state index in [0.717, 1.165) is 22.0 Å². The van der Waals surface area contributed by atoms with Crippen LogP contribution in [0.5, 0.6) is 11.5 Å². The second-order valence-electron chi connectivity index (χ2n) is 5.83. The lowest BCUT2D eigenvalue weighted by Gasteiger charge is -2.12. The summed E-state index contributed by atoms with van der Waals surface area (Å²) in [5.41, 5.74) is 3.00. The summed E-state index contributed by atoms with van der Waals surface area (Å²) < 4.78 is 11.3. The van der Waals surface area contributed by atoms with Crippen molar-refractivity contribution < 1.29 is 9.47 Å². The normalized spacial score (nSPS) is 12.0. The van der Waals surface area contributed by atoms with E-state index in [2.05, 4.69) is 15.0 Å². The molecule has 0 amide bonds. The summed E-state index contributed by atoms with van der Waals surface area (Å²) in [6, 6.07) is 12.9. The Bertz CT molecular complexity index is 1120. The number of rotatable bonds is 5. The first-order chi connectivity index (χ1) is 12.7. The van der Waals surface area contributed by atoms with Crippen LogP contribution in [0.3, 0.4) is 0 Å². The highest BCUT2D eigenvalue weighted by atomic mass is 16.5. The average molecular weight is 347 g/mol. The van der Waals surface area contributed by atoms with Gasteiger partial charge >= 0.3 is 0 Å². The van der Waals surface area contributed by atoms with Gasteiger partial charge in [0.05, 0.1) is 19.3 Å². The molecular weight excluding hydrogens is 330 g/mol. The molecule has 0 radical (unpaired) electrons. The van der Waals surface area contributed by atoms with Crippen molar-refractivity contribution in [3.05, 3.63) is 75.4 Å². The molecule has 3 aromatic rings. The van der Waals surface area contributed by atoms with Crippen LogP contribution in [0.4, 0.5) is 0 Å². The highest BCUT2D eigenvalue weighted by Crippen LogP contribution is 2.31. The van der Waals surface area contributed by atoms with Crippen molar-refractivity contribution >= 4 is 6.08 Å². The molecule has 0 saturated carbocycles. The van der Waals surface area contributed by atoms with Crippen LogP contribution in [0.2, 0.25) is 0 Å². The van der Waals surface area contributed by atoms with Gasteiger partial charge in [-0.15, -0.1) is 0 Å². The Balaban J connectivity index is 1.69. The lowest BCUT2D eigenvalue weighted by atomic mass is 10.0. The van der Waals surface area contributed by atoms with Crippen molar-refractivity contribution in [2.75, 3.05) is 13.7 Å². The van der Waals surface area contributed by atoms with E-state index in [1.807, 2.05) is 42.5 Å². The summed E-state index contributed by atoms with van der Waals surface area (Å²) >= 11 is 0. The number of methoxy groups -OCH3 is 1. The molecule has 4 rings (SSSR count). The van der Waals surface area contributed by atoms with Gasteiger partial charge in [0.25, 0.3) is 0 Å². The standard InChI is InChI=1S/C20H17N3O3/c1-25-18-10-13(16-11-19(24)23-20-15(16)7-9-22-20)5-6-17(18)26-12-14-4-2-3-8-21-14/h2-8,10-11H,9,12H2,1H3,(H,22,23,24). The highest BCUT2D eigenvalue weighted by Gasteiger charge is 2.11. The Hall–Kier alpha value is -3.41. The van der Waals surface area contributed by atoms with E-state index in [0.29, 0.717) is 30.1 Å². The number of nitrogens with zero attached hydrogens (tertiary/aromatic N) is 2. The number of ether oxygens (including phenoxy) is 2. The van der Waals surface area contributed by atoms with Crippen LogP contribution in [0.15, 0.2) is 58.4 Å². The van der Waals surface area contributed by atoms with Crippen LogP contribution in [0.25, 0.3) is 17.2 Å². The fourth-order valence-corrected chi connectivity index (χ4v) is 2.94. The number of aromatic amines is 1. The van der Waals surface area contributed by atoms with E-state index < -0.39 is 0 Å². The molecule has 0 bridgehead atoms. The number of pyridine rings is 2. The maximum atomic E-state index is 11.9. The molecule has 0 saturated heterocycles. The van der Waals surface area contributed by atoms with Crippen molar-refractivity contribution in [1.29, 1.82) is 0 Å². The number of nitrogens with one attached hydrogen (secondary N) is 1. The van der Waals surface area contributed by atoms with E-state index in [1.165, 1.54) is 0 Å². The van der Waals surface area contributed by atoms with Gasteiger partial charge in [-0.1, -0.05) is 18.2 Å². The van der Waals surface area contributed by atoms with E-state index in [9.17, 15) is 4.79 Å². The molecule has 2 aromatic heterocycles. The van der Waals surface area contributed by atoms with Crippen LogP contribution in [0.1, 0.15) is 5.69 Å². The molecule has 1 aliphatic rings. The van der Waals surface area contributed by atoms with Gasteiger partial charge < -0.3 is 14.5 Å². The van der Waals surface area contributed by atoms with Crippen molar-refractivity contribution in [2.24, 2.45) is 4.99 Å². The van der Waals surface area contributed by atoms with Gasteiger partial charge in [-0.25, -0.2) is 0 Å². The number of fused-ring (bicyclic) bond motifs is 1. The minimum absolute atomic E-state index is 0.174. The van der Waals surface area contributed by atoms with Crippen LogP contribution >= 0.6 is 0 Å². The molecule has 1 N–H and O–H groups in total. The van der Waals surface area contributed by atoms with Gasteiger partial charge in [0.1, 0.15) is 12.1 Å². The maximum Gasteiger partial charge on any atom is 0.250 e. The van der Waals surface area contributed by atoms with Crippen molar-refractivity contribution in [3.63, 3.8) is 0 Å². The lowest BCUT2D eigenvalue weighted by Crippen LogP contribution is -2.33. The first kappa shape index (κ1) is 16.1. The van der Waals surface area contributed by atoms with Gasteiger partial charge in [0.15, 0.2) is 11.5 Å². The molecule has 0 unspecified atom stereocenters. The van der Waals surface area contributed by atoms with Crippen molar-refractivity contribution in [3.8, 4) is 22.6 Å². The molecular formula is C20H17N3O3. The second kappa shape index (κ2) is 6.84. The molecule has 130 valence electrons. The zero-order valence-corrected chi connectivity index (χ0v) is 14.2. The summed E-state index contributed by atoms with van der Waals surface area (Å²) in [5.74, 6) is 1.22. The largest absolute Gasteiger partial charge is 0.493 e. The third-order valence-electron chi connectivity index (χ3n) is 4.18. The molecule has 1 aromatic carbocycles. The van der Waals surface area contributed by atoms with Crippen molar-refractivity contribution in [1.82, 2.24) is 9.97 Å². The first-order valence-electron chi connectivity index (χ1n) is 8.24. The molecule has 3 heterocycles. The lowest BCUT2D eigenvalue weighted by molar-refractivity contribution is 0.281. The number of hydrogen-bond acceptors (Lipinski definition) is 5. The second-order valence-corrected chi connectivity index (χ2v) is 5.83. The zero-order valence-electron chi connectivity index (χ0n) is 14.2. The molecule has 6 nitrogen and oxygen atoms in total. The quantitative estimate of drug-likeness (QED) is 0.758. The van der Waals surface area contributed by atoms with Gasteiger partial charge in [-0.05, 0) is 35.4 Å². The molecule has 1 aliphatic heterocycles. The van der Waals surface area contributed by atoms with E-state index >= 15 is 0 Å². The van der Waals surface area contributed by atoms with Gasteiger partial charge in [-0.3, -0.25) is 14.8 Å². The Morgan fingerprint density at radius 2 is 2.08 bits per heavy atom. The number of benzene rings is 1. The highest BCUT2D eigenvalue weighted by molar-refractivity contribution is 5.68. The maximum absolute atomic E-state index is 11.9. The number of H-pyrrole nitrogens is 1. The minimum Gasteiger partial charge on any atom is -0.493 e. The summed E-state index contributed by atoms with van der Waals surface area (Å²) in [4.78, 5) is 23.2. The Morgan fingerprint density at radius 1 is 1.15 bits per heavy atom. The Kier molecular flexibility index (Phi) is 4.23. The third-order valence-corrected chi connectivity index (χ3v) is 4.18. The summed E-state index contributed by atoms with van der Waals surface area (Å²) in [6.07, 6.45) is 3.73. The smallest absolute Gasteiger partial charge is 0.250 e. The Morgan fingerprint density at radius 3 is 2.88 bits per heavy atom.